The molecule has 0 bridgehead atoms. The summed E-state index contributed by atoms with van der Waals surface area (Å²) in [5.74, 6) is 0.638. The Morgan fingerprint density at radius 1 is 1.17 bits per heavy atom. The van der Waals surface area contributed by atoms with Crippen LogP contribution >= 0.6 is 0 Å². The molecule has 2 fully saturated rings. The Bertz CT molecular complexity index is 481. The maximum absolute atomic E-state index is 12.3. The van der Waals surface area contributed by atoms with Crippen LogP contribution in [-0.4, -0.2) is 68.6 Å². The van der Waals surface area contributed by atoms with Gasteiger partial charge >= 0.3 is 0 Å². The molecule has 1 unspecified atom stereocenters. The van der Waals surface area contributed by atoms with Crippen molar-refractivity contribution < 1.29 is 13.2 Å². The molecule has 0 radical (unpaired) electrons. The highest BCUT2D eigenvalue weighted by Crippen LogP contribution is 2.20. The molecule has 1 atom stereocenters. The number of amides is 1. The number of hydrogen-bond acceptors (Lipinski definition) is 4. The van der Waals surface area contributed by atoms with Gasteiger partial charge in [0.05, 0.1) is 5.75 Å². The predicted octanol–water partition coefficient (Wildman–Crippen LogP) is 0.896. The molecule has 2 saturated heterocycles. The fraction of sp³-hybridized carbons (Fsp3) is 0.938. The van der Waals surface area contributed by atoms with Crippen molar-refractivity contribution in [3.05, 3.63) is 0 Å². The van der Waals surface area contributed by atoms with E-state index in [-0.39, 0.29) is 17.6 Å². The van der Waals surface area contributed by atoms with Crippen molar-refractivity contribution in [2.75, 3.05) is 45.0 Å². The number of rotatable bonds is 7. The quantitative estimate of drug-likeness (QED) is 0.744. The summed E-state index contributed by atoms with van der Waals surface area (Å²) >= 11 is 0. The van der Waals surface area contributed by atoms with Crippen molar-refractivity contribution in [3.63, 3.8) is 0 Å². The minimum Gasteiger partial charge on any atom is -0.356 e. The van der Waals surface area contributed by atoms with Crippen molar-refractivity contribution >= 4 is 15.9 Å². The van der Waals surface area contributed by atoms with Crippen LogP contribution in [0.4, 0.5) is 0 Å². The van der Waals surface area contributed by atoms with E-state index >= 15 is 0 Å². The van der Waals surface area contributed by atoms with Crippen LogP contribution in [0.5, 0.6) is 0 Å². The molecule has 2 rings (SSSR count). The first-order valence-corrected chi connectivity index (χ1v) is 10.5. The lowest BCUT2D eigenvalue weighted by Crippen LogP contribution is -2.44. The maximum atomic E-state index is 12.3. The molecular weight excluding hydrogens is 314 g/mol. The van der Waals surface area contributed by atoms with Crippen LogP contribution in [-0.2, 0) is 14.8 Å². The third-order valence-electron chi connectivity index (χ3n) is 4.98. The Balaban J connectivity index is 1.68. The van der Waals surface area contributed by atoms with Gasteiger partial charge in [-0.1, -0.05) is 6.92 Å². The summed E-state index contributed by atoms with van der Waals surface area (Å²) in [4.78, 5) is 14.7. The fourth-order valence-electron chi connectivity index (χ4n) is 3.47. The molecular formula is C16H31N3O3S. The summed E-state index contributed by atoms with van der Waals surface area (Å²) in [7, 11) is -3.11. The first-order valence-electron chi connectivity index (χ1n) is 8.90. The van der Waals surface area contributed by atoms with Gasteiger partial charge in [0.2, 0.25) is 15.9 Å². The van der Waals surface area contributed by atoms with Crippen LogP contribution in [0, 0.1) is 11.8 Å². The molecule has 0 aromatic rings. The van der Waals surface area contributed by atoms with Crippen LogP contribution in [0.15, 0.2) is 0 Å². The number of carbonyl (C=O) groups excluding carboxylic acids is 1. The Morgan fingerprint density at radius 3 is 2.35 bits per heavy atom. The summed E-state index contributed by atoms with van der Waals surface area (Å²) < 4.78 is 25.2. The van der Waals surface area contributed by atoms with Gasteiger partial charge in [-0.3, -0.25) is 4.79 Å². The largest absolute Gasteiger partial charge is 0.356 e. The summed E-state index contributed by atoms with van der Waals surface area (Å²) in [6, 6.07) is 0. The lowest BCUT2D eigenvalue weighted by atomic mass is 9.97. The van der Waals surface area contributed by atoms with Gasteiger partial charge in [0.25, 0.3) is 0 Å². The number of nitrogens with one attached hydrogen (secondary N) is 1. The predicted molar refractivity (Wildman–Crippen MR) is 91.6 cm³/mol. The van der Waals surface area contributed by atoms with E-state index in [0.717, 1.165) is 6.54 Å². The number of nitrogens with zero attached hydrogens (tertiary/aromatic N) is 2. The topological polar surface area (TPSA) is 69.7 Å². The third-order valence-corrected chi connectivity index (χ3v) is 6.86. The summed E-state index contributed by atoms with van der Waals surface area (Å²) in [6.07, 6.45) is 3.84. The summed E-state index contributed by atoms with van der Waals surface area (Å²) in [5, 5.41) is 3.06. The molecule has 6 nitrogen and oxygen atoms in total. The number of sulfonamides is 1. The fourth-order valence-corrected chi connectivity index (χ4v) is 4.60. The summed E-state index contributed by atoms with van der Waals surface area (Å²) in [5.41, 5.74) is 0. The molecule has 2 aliphatic heterocycles. The highest BCUT2D eigenvalue weighted by atomic mass is 32.2. The van der Waals surface area contributed by atoms with E-state index < -0.39 is 10.0 Å². The summed E-state index contributed by atoms with van der Waals surface area (Å²) in [6.45, 7) is 8.90. The number of hydrogen-bond donors (Lipinski definition) is 1. The molecule has 0 aromatic heterocycles. The zero-order valence-corrected chi connectivity index (χ0v) is 15.3. The Labute approximate surface area is 140 Å². The molecule has 0 spiro atoms. The van der Waals surface area contributed by atoms with Gasteiger partial charge < -0.3 is 10.2 Å². The average molecular weight is 346 g/mol. The van der Waals surface area contributed by atoms with E-state index in [2.05, 4.69) is 17.1 Å². The van der Waals surface area contributed by atoms with Crippen molar-refractivity contribution in [2.24, 2.45) is 11.8 Å². The first-order chi connectivity index (χ1) is 10.9. The molecule has 23 heavy (non-hydrogen) atoms. The van der Waals surface area contributed by atoms with E-state index in [4.69, 9.17) is 0 Å². The lowest BCUT2D eigenvalue weighted by molar-refractivity contribution is -0.126. The Morgan fingerprint density at radius 2 is 1.78 bits per heavy atom. The van der Waals surface area contributed by atoms with Crippen LogP contribution in [0.25, 0.3) is 0 Å². The minimum atomic E-state index is -3.11. The van der Waals surface area contributed by atoms with Crippen molar-refractivity contribution in [2.45, 2.75) is 39.5 Å². The number of piperidine rings is 1. The highest BCUT2D eigenvalue weighted by molar-refractivity contribution is 7.89. The molecule has 0 aromatic carbocycles. The van der Waals surface area contributed by atoms with Crippen LogP contribution in [0.1, 0.15) is 39.5 Å². The second-order valence-corrected chi connectivity index (χ2v) is 9.19. The van der Waals surface area contributed by atoms with Gasteiger partial charge in [0.15, 0.2) is 0 Å². The van der Waals surface area contributed by atoms with Gasteiger partial charge in [0, 0.05) is 32.1 Å². The van der Waals surface area contributed by atoms with Crippen LogP contribution in [0.2, 0.25) is 0 Å². The molecule has 1 N–H and O–H groups in total. The average Bonchev–Trinajstić information content (AvgIpc) is 3.05. The van der Waals surface area contributed by atoms with Crippen LogP contribution < -0.4 is 5.32 Å². The molecule has 0 aliphatic carbocycles. The van der Waals surface area contributed by atoms with Gasteiger partial charge in [-0.15, -0.1) is 0 Å². The van der Waals surface area contributed by atoms with E-state index in [1.807, 2.05) is 0 Å². The van der Waals surface area contributed by atoms with E-state index in [1.165, 1.54) is 30.2 Å². The monoisotopic (exact) mass is 345 g/mol. The minimum absolute atomic E-state index is 0.0442. The molecule has 2 heterocycles. The normalized spacial score (nSPS) is 23.0. The maximum Gasteiger partial charge on any atom is 0.223 e. The second-order valence-electron chi connectivity index (χ2n) is 6.93. The molecule has 134 valence electrons. The van der Waals surface area contributed by atoms with Crippen molar-refractivity contribution in [1.29, 1.82) is 0 Å². The second kappa shape index (κ2) is 8.44. The molecule has 1 amide bonds. The van der Waals surface area contributed by atoms with Crippen molar-refractivity contribution in [1.82, 2.24) is 14.5 Å². The zero-order valence-electron chi connectivity index (χ0n) is 14.5. The molecule has 7 heteroatoms. The standard InChI is InChI=1S/C16H31N3O3S/c1-3-23(21,22)19-10-6-15(7-11-19)16(20)17-12-14(2)13-18-8-4-5-9-18/h14-15H,3-13H2,1-2H3,(H,17,20). The molecule has 0 saturated carbocycles. The van der Waals surface area contributed by atoms with Crippen LogP contribution in [0.3, 0.4) is 0 Å². The highest BCUT2D eigenvalue weighted by Gasteiger charge is 2.30. The van der Waals surface area contributed by atoms with E-state index in [9.17, 15) is 13.2 Å². The zero-order chi connectivity index (χ0) is 16.9. The molecule has 2 aliphatic rings. The number of carbonyl (C=O) groups is 1. The van der Waals surface area contributed by atoms with Gasteiger partial charge in [-0.25, -0.2) is 12.7 Å². The SMILES string of the molecule is CCS(=O)(=O)N1CCC(C(=O)NCC(C)CN2CCCC2)CC1. The van der Waals surface area contributed by atoms with E-state index in [1.54, 1.807) is 6.92 Å². The lowest BCUT2D eigenvalue weighted by Gasteiger charge is -2.30. The third kappa shape index (κ3) is 5.43. The van der Waals surface area contributed by atoms with Gasteiger partial charge in [0.1, 0.15) is 0 Å². The Hall–Kier alpha value is -0.660. The smallest absolute Gasteiger partial charge is 0.223 e. The first kappa shape index (κ1) is 18.7. The number of likely N-dealkylation sites (tertiary alicyclic amines) is 1. The van der Waals surface area contributed by atoms with Gasteiger partial charge in [-0.05, 0) is 51.6 Å². The van der Waals surface area contributed by atoms with Crippen molar-refractivity contribution in [3.8, 4) is 0 Å². The van der Waals surface area contributed by atoms with E-state index in [0.29, 0.717) is 38.4 Å². The Kier molecular flexibility index (Phi) is 6.85. The van der Waals surface area contributed by atoms with Gasteiger partial charge in [-0.2, -0.15) is 0 Å².